The molecule has 4 N–H and O–H groups in total. The number of likely N-dealkylation sites (tertiary alicyclic amines) is 1. The first-order valence-electron chi connectivity index (χ1n) is 23.6. The van der Waals surface area contributed by atoms with E-state index in [1.807, 2.05) is 70.5 Å². The van der Waals surface area contributed by atoms with Crippen molar-refractivity contribution in [2.75, 3.05) is 37.7 Å². The second-order valence-electron chi connectivity index (χ2n) is 21.0. The summed E-state index contributed by atoms with van der Waals surface area (Å²) in [6, 6.07) is 16.3. The number of pyridine rings is 1. The van der Waals surface area contributed by atoms with E-state index in [1.54, 1.807) is 41.8 Å². The molecule has 0 bridgehead atoms. The quantitative estimate of drug-likeness (QED) is 0.0936. The van der Waals surface area contributed by atoms with Crippen molar-refractivity contribution in [3.8, 4) is 22.3 Å². The van der Waals surface area contributed by atoms with Crippen LogP contribution in [0.1, 0.15) is 108 Å². The maximum Gasteiger partial charge on any atom is 0.253 e. The van der Waals surface area contributed by atoms with Crippen LogP contribution in [0.2, 0.25) is 5.02 Å². The second kappa shape index (κ2) is 20.8. The number of carbonyl (C=O) groups excluding carboxylic acids is 4. The molecule has 4 heterocycles. The van der Waals surface area contributed by atoms with Gasteiger partial charge in [0.15, 0.2) is 0 Å². The molecule has 17 heteroatoms. The molecule has 4 amide bonds. The number of hydrogen-bond acceptors (Lipinski definition) is 12. The molecule has 0 radical (unpaired) electrons. The zero-order valence-corrected chi connectivity index (χ0v) is 42.5. The standard InChI is InChI=1S/C52H65ClN8O7S/c1-30(33-10-12-34(13-11-33)43-31(2)56-29-69-43)57-46(65)40-22-37(62)26-61(40)47(66)44(50(3,4)5)58-42(63)28-67-27-32-18-20-60(21-19-32)41-17-15-36(25-55-41)45(64)59-48-51(6,7)49(52(48,8)9)68-38-16-14-35(24-54)39(53)23-38/h10-17,23,25,29-30,32,37,40,44,48-49,62H,18-22,26-28H2,1-9H3,(H,57,65)(H,58,63)(H,59,64)/t30-,37+,40-,44?,48?,49?/m0/s1. The molecule has 2 aromatic heterocycles. The van der Waals surface area contributed by atoms with E-state index in [0.29, 0.717) is 28.5 Å². The number of nitrogens with one attached hydrogen (secondary N) is 3. The molecule has 3 aliphatic rings. The molecule has 4 aromatic rings. The summed E-state index contributed by atoms with van der Waals surface area (Å²) in [5.74, 6) is 0.0974. The highest BCUT2D eigenvalue weighted by atomic mass is 35.5. The van der Waals surface area contributed by atoms with Gasteiger partial charge in [0.2, 0.25) is 17.7 Å². The van der Waals surface area contributed by atoms with Crippen molar-refractivity contribution in [3.63, 3.8) is 0 Å². The molecule has 4 atom stereocenters. The SMILES string of the molecule is Cc1ncsc1-c1ccc([C@H](C)NC(=O)[C@@H]2C[C@@H](O)CN2C(=O)C(NC(=O)COCC2CCN(c3ccc(C(=O)NC4C(C)(C)C(Oc5ccc(C#N)c(Cl)c5)C4(C)C)cn3)CC2)C(C)(C)C)cc1. The van der Waals surface area contributed by atoms with E-state index in [9.17, 15) is 29.5 Å². The highest BCUT2D eigenvalue weighted by molar-refractivity contribution is 7.13. The Hall–Kier alpha value is -5.60. The first-order valence-corrected chi connectivity index (χ1v) is 24.9. The number of amides is 4. The summed E-state index contributed by atoms with van der Waals surface area (Å²) in [7, 11) is 0. The lowest BCUT2D eigenvalue weighted by Gasteiger charge is -2.63. The molecule has 69 heavy (non-hydrogen) atoms. The number of nitriles is 1. The zero-order chi connectivity index (χ0) is 50.0. The Balaban J connectivity index is 0.850. The van der Waals surface area contributed by atoms with Gasteiger partial charge in [-0.1, -0.05) is 84.3 Å². The van der Waals surface area contributed by atoms with E-state index in [0.717, 1.165) is 53.4 Å². The molecule has 1 saturated carbocycles. The number of benzene rings is 2. The average molecular weight is 982 g/mol. The average Bonchev–Trinajstić information content (AvgIpc) is 3.93. The van der Waals surface area contributed by atoms with Crippen molar-refractivity contribution < 1.29 is 33.8 Å². The van der Waals surface area contributed by atoms with Crippen LogP contribution in [0.3, 0.4) is 0 Å². The third-order valence-electron chi connectivity index (χ3n) is 14.0. The molecule has 1 aliphatic carbocycles. The molecule has 2 aliphatic heterocycles. The van der Waals surface area contributed by atoms with E-state index in [1.165, 1.54) is 4.90 Å². The molecule has 3 fully saturated rings. The van der Waals surface area contributed by atoms with Crippen LogP contribution in [0.4, 0.5) is 5.82 Å². The number of anilines is 1. The first-order chi connectivity index (χ1) is 32.6. The number of aryl methyl sites for hydroxylation is 1. The summed E-state index contributed by atoms with van der Waals surface area (Å²) in [4.78, 5) is 68.3. The number of rotatable bonds is 15. The topological polar surface area (TPSA) is 199 Å². The van der Waals surface area contributed by atoms with Gasteiger partial charge in [0.1, 0.15) is 42.4 Å². The van der Waals surface area contributed by atoms with Crippen LogP contribution in [0.15, 0.2) is 66.3 Å². The summed E-state index contributed by atoms with van der Waals surface area (Å²) in [6.07, 6.45) is 2.22. The van der Waals surface area contributed by atoms with Gasteiger partial charge >= 0.3 is 0 Å². The Morgan fingerprint density at radius 1 is 1.00 bits per heavy atom. The Morgan fingerprint density at radius 2 is 1.70 bits per heavy atom. The van der Waals surface area contributed by atoms with Crippen LogP contribution in [0.25, 0.3) is 10.4 Å². The van der Waals surface area contributed by atoms with Crippen LogP contribution in [0.5, 0.6) is 5.75 Å². The maximum atomic E-state index is 14.2. The van der Waals surface area contributed by atoms with Crippen LogP contribution in [0, 0.1) is 40.4 Å². The number of aromatic nitrogens is 2. The van der Waals surface area contributed by atoms with E-state index in [4.69, 9.17) is 21.1 Å². The number of aliphatic hydroxyl groups excluding tert-OH is 1. The Morgan fingerprint density at radius 3 is 2.29 bits per heavy atom. The lowest BCUT2D eigenvalue weighted by Crippen LogP contribution is -2.74. The summed E-state index contributed by atoms with van der Waals surface area (Å²) in [6.45, 7) is 19.2. The van der Waals surface area contributed by atoms with Crippen molar-refractivity contribution in [1.29, 1.82) is 5.26 Å². The number of hydrogen-bond donors (Lipinski definition) is 4. The van der Waals surface area contributed by atoms with Gasteiger partial charge in [-0.15, -0.1) is 11.3 Å². The zero-order valence-electron chi connectivity index (χ0n) is 41.0. The van der Waals surface area contributed by atoms with E-state index < -0.39 is 46.2 Å². The Kier molecular flexibility index (Phi) is 15.4. The van der Waals surface area contributed by atoms with Crippen molar-refractivity contribution in [2.45, 2.75) is 118 Å². The van der Waals surface area contributed by atoms with E-state index in [-0.39, 0.29) is 55.5 Å². The fourth-order valence-electron chi connectivity index (χ4n) is 10.4. The van der Waals surface area contributed by atoms with Crippen molar-refractivity contribution in [1.82, 2.24) is 30.8 Å². The second-order valence-corrected chi connectivity index (χ2v) is 22.3. The maximum absolute atomic E-state index is 14.2. The van der Waals surface area contributed by atoms with Gasteiger partial charge in [-0.25, -0.2) is 9.97 Å². The van der Waals surface area contributed by atoms with Crippen LogP contribution in [-0.2, 0) is 19.1 Å². The van der Waals surface area contributed by atoms with Gasteiger partial charge < -0.3 is 40.3 Å². The molecule has 7 rings (SSSR count). The van der Waals surface area contributed by atoms with Crippen LogP contribution in [-0.4, -0.2) is 107 Å². The highest BCUT2D eigenvalue weighted by Crippen LogP contribution is 2.55. The number of halogens is 1. The molecule has 1 unspecified atom stereocenters. The van der Waals surface area contributed by atoms with Gasteiger partial charge in [-0.2, -0.15) is 5.26 Å². The lowest BCUT2D eigenvalue weighted by molar-refractivity contribution is -0.164. The molecule has 2 aromatic carbocycles. The number of aliphatic hydroxyl groups is 1. The summed E-state index contributed by atoms with van der Waals surface area (Å²) in [5.41, 5.74) is 4.05. The molecular formula is C52H65ClN8O7S. The lowest BCUT2D eigenvalue weighted by atomic mass is 9.49. The van der Waals surface area contributed by atoms with Crippen molar-refractivity contribution in [3.05, 3.63) is 93.7 Å². The summed E-state index contributed by atoms with van der Waals surface area (Å²) in [5, 5.41) is 29.4. The normalized spacial score (nSPS) is 21.9. The van der Waals surface area contributed by atoms with Crippen molar-refractivity contribution >= 4 is 52.4 Å². The largest absolute Gasteiger partial charge is 0.489 e. The monoisotopic (exact) mass is 980 g/mol. The predicted molar refractivity (Wildman–Crippen MR) is 266 cm³/mol. The van der Waals surface area contributed by atoms with Gasteiger partial charge in [0, 0.05) is 55.2 Å². The summed E-state index contributed by atoms with van der Waals surface area (Å²) >= 11 is 7.83. The minimum atomic E-state index is -0.965. The smallest absolute Gasteiger partial charge is 0.253 e. The Labute approximate surface area is 414 Å². The van der Waals surface area contributed by atoms with Crippen LogP contribution >= 0.6 is 22.9 Å². The fraction of sp³-hybridized carbons (Fsp3) is 0.519. The van der Waals surface area contributed by atoms with Crippen LogP contribution < -0.4 is 25.6 Å². The molecule has 368 valence electrons. The number of piperidine rings is 1. The van der Waals surface area contributed by atoms with Gasteiger partial charge in [0.05, 0.1) is 51.0 Å². The number of carbonyl (C=O) groups is 4. The molecular weight excluding hydrogens is 916 g/mol. The van der Waals surface area contributed by atoms with Gasteiger partial charge in [-0.3, -0.25) is 19.2 Å². The molecule has 0 spiro atoms. The number of thiazole rings is 1. The first kappa shape index (κ1) is 51.3. The van der Waals surface area contributed by atoms with Crippen molar-refractivity contribution in [2.24, 2.45) is 22.2 Å². The van der Waals surface area contributed by atoms with Gasteiger partial charge in [-0.05, 0) is 73.4 Å². The van der Waals surface area contributed by atoms with E-state index in [2.05, 4.69) is 64.6 Å². The van der Waals surface area contributed by atoms with Gasteiger partial charge in [0.25, 0.3) is 5.91 Å². The number of nitrogens with zero attached hydrogens (tertiary/aromatic N) is 5. The summed E-state index contributed by atoms with van der Waals surface area (Å²) < 4.78 is 12.3. The van der Waals surface area contributed by atoms with E-state index >= 15 is 0 Å². The third kappa shape index (κ3) is 11.4. The number of ether oxygens (including phenoxy) is 2. The third-order valence-corrected chi connectivity index (χ3v) is 15.3. The fourth-order valence-corrected chi connectivity index (χ4v) is 11.4. The molecule has 15 nitrogen and oxygen atoms in total. The molecule has 2 saturated heterocycles. The predicted octanol–water partition coefficient (Wildman–Crippen LogP) is 7.25. The minimum absolute atomic E-state index is 0.0185. The minimum Gasteiger partial charge on any atom is -0.489 e. The highest BCUT2D eigenvalue weighted by Gasteiger charge is 2.64. The Bertz CT molecular complexity index is 2530. The number of β-amino-alcohol motifs (C(OH)–C–C–N with tert-alkyl or cyclic N) is 1.